The predicted octanol–water partition coefficient (Wildman–Crippen LogP) is 3.89. The van der Waals surface area contributed by atoms with E-state index in [-0.39, 0.29) is 0 Å². The Balaban J connectivity index is 3.78. The lowest BCUT2D eigenvalue weighted by Gasteiger charge is -2.14. The van der Waals surface area contributed by atoms with E-state index in [1.54, 1.807) is 0 Å². The zero-order valence-corrected chi connectivity index (χ0v) is 10.2. The van der Waals surface area contributed by atoms with Gasteiger partial charge in [-0.3, -0.25) is 0 Å². The summed E-state index contributed by atoms with van der Waals surface area (Å²) in [5, 5.41) is 0. The summed E-state index contributed by atoms with van der Waals surface area (Å²) in [5.74, 6) is 0.893. The van der Waals surface area contributed by atoms with Crippen LogP contribution >= 0.6 is 0 Å². The largest absolute Gasteiger partial charge is 0.330 e. The summed E-state index contributed by atoms with van der Waals surface area (Å²) in [7, 11) is 0. The Morgan fingerprint density at radius 3 is 2.57 bits per heavy atom. The van der Waals surface area contributed by atoms with Gasteiger partial charge in [-0.25, -0.2) is 0 Å². The van der Waals surface area contributed by atoms with Crippen molar-refractivity contribution in [2.45, 2.75) is 59.3 Å². The number of nitrogens with two attached hydrogens (primary N) is 1. The average Bonchev–Trinajstić information content (AvgIpc) is 2.21. The van der Waals surface area contributed by atoms with Crippen molar-refractivity contribution < 1.29 is 0 Å². The van der Waals surface area contributed by atoms with Crippen LogP contribution in [0.1, 0.15) is 59.3 Å². The summed E-state index contributed by atoms with van der Waals surface area (Å²) in [6, 6.07) is 0. The highest BCUT2D eigenvalue weighted by Crippen LogP contribution is 2.21. The third kappa shape index (κ3) is 7.14. The molecule has 84 valence electrons. The van der Waals surface area contributed by atoms with E-state index in [9.17, 15) is 0 Å². The van der Waals surface area contributed by atoms with Crippen molar-refractivity contribution in [1.82, 2.24) is 0 Å². The maximum absolute atomic E-state index is 5.48. The molecule has 1 nitrogen and oxygen atoms in total. The van der Waals surface area contributed by atoms with Crippen LogP contribution in [-0.2, 0) is 0 Å². The molecule has 0 aliphatic rings. The standard InChI is InChI=1S/C13H27N/c1-4-6-9-13(5-2)11-12(3)8-7-10-14/h8,13H,4-7,9-11,14H2,1-3H3. The fourth-order valence-electron chi connectivity index (χ4n) is 1.81. The number of unbranched alkanes of at least 4 members (excludes halogenated alkanes) is 1. The van der Waals surface area contributed by atoms with Gasteiger partial charge in [0.1, 0.15) is 0 Å². The van der Waals surface area contributed by atoms with E-state index in [4.69, 9.17) is 5.73 Å². The SMILES string of the molecule is CCCCC(CC)CC(C)=CCCN. The van der Waals surface area contributed by atoms with E-state index in [0.29, 0.717) is 0 Å². The molecule has 0 amide bonds. The predicted molar refractivity (Wildman–Crippen MR) is 65.4 cm³/mol. The van der Waals surface area contributed by atoms with Gasteiger partial charge in [0.15, 0.2) is 0 Å². The minimum Gasteiger partial charge on any atom is -0.330 e. The molecule has 0 aliphatic carbocycles. The van der Waals surface area contributed by atoms with Crippen LogP contribution in [0.5, 0.6) is 0 Å². The quantitative estimate of drug-likeness (QED) is 0.587. The third-order valence-electron chi connectivity index (χ3n) is 2.81. The number of rotatable bonds is 8. The van der Waals surface area contributed by atoms with E-state index in [0.717, 1.165) is 18.9 Å². The molecule has 0 saturated carbocycles. The molecule has 0 fully saturated rings. The number of hydrogen-bond acceptors (Lipinski definition) is 1. The van der Waals surface area contributed by atoms with Gasteiger partial charge in [0.05, 0.1) is 0 Å². The third-order valence-corrected chi connectivity index (χ3v) is 2.81. The Kier molecular flexibility index (Phi) is 9.06. The van der Waals surface area contributed by atoms with Gasteiger partial charge in [0.25, 0.3) is 0 Å². The summed E-state index contributed by atoms with van der Waals surface area (Å²) in [4.78, 5) is 0. The van der Waals surface area contributed by atoms with Gasteiger partial charge in [0.2, 0.25) is 0 Å². The first-order valence-electron chi connectivity index (χ1n) is 6.10. The molecule has 0 saturated heterocycles. The molecular formula is C13H27N. The molecule has 0 rings (SSSR count). The lowest BCUT2D eigenvalue weighted by molar-refractivity contribution is 0.447. The molecule has 0 aromatic rings. The van der Waals surface area contributed by atoms with Gasteiger partial charge in [-0.2, -0.15) is 0 Å². The molecule has 2 N–H and O–H groups in total. The Labute approximate surface area is 89.8 Å². The first-order valence-corrected chi connectivity index (χ1v) is 6.10. The Morgan fingerprint density at radius 2 is 2.07 bits per heavy atom. The number of hydrogen-bond donors (Lipinski definition) is 1. The van der Waals surface area contributed by atoms with E-state index in [1.807, 2.05) is 0 Å². The first kappa shape index (κ1) is 13.7. The zero-order chi connectivity index (χ0) is 10.8. The van der Waals surface area contributed by atoms with Crippen LogP contribution in [0.4, 0.5) is 0 Å². The maximum atomic E-state index is 5.48. The topological polar surface area (TPSA) is 26.0 Å². The van der Waals surface area contributed by atoms with Crippen LogP contribution in [0.2, 0.25) is 0 Å². The van der Waals surface area contributed by atoms with Crippen LogP contribution in [0, 0.1) is 5.92 Å². The molecule has 1 unspecified atom stereocenters. The minimum atomic E-state index is 0.781. The van der Waals surface area contributed by atoms with E-state index >= 15 is 0 Å². The van der Waals surface area contributed by atoms with Crippen LogP contribution in [0.25, 0.3) is 0 Å². The summed E-state index contributed by atoms with van der Waals surface area (Å²) in [6.07, 6.45) is 10.0. The van der Waals surface area contributed by atoms with Gasteiger partial charge in [-0.05, 0) is 32.2 Å². The van der Waals surface area contributed by atoms with E-state index in [1.165, 1.54) is 37.7 Å². The molecule has 0 radical (unpaired) electrons. The molecule has 14 heavy (non-hydrogen) atoms. The van der Waals surface area contributed by atoms with Crippen molar-refractivity contribution in [2.24, 2.45) is 11.7 Å². The average molecular weight is 197 g/mol. The molecule has 0 heterocycles. The van der Waals surface area contributed by atoms with Gasteiger partial charge >= 0.3 is 0 Å². The van der Waals surface area contributed by atoms with E-state index < -0.39 is 0 Å². The summed E-state index contributed by atoms with van der Waals surface area (Å²) >= 11 is 0. The van der Waals surface area contributed by atoms with E-state index in [2.05, 4.69) is 26.8 Å². The molecule has 0 bridgehead atoms. The Bertz CT molecular complexity index is 149. The smallest absolute Gasteiger partial charge is 0.00425 e. The molecule has 1 atom stereocenters. The lowest BCUT2D eigenvalue weighted by atomic mass is 9.92. The second kappa shape index (κ2) is 9.26. The Hall–Kier alpha value is -0.300. The molecular weight excluding hydrogens is 170 g/mol. The zero-order valence-electron chi connectivity index (χ0n) is 10.2. The fourth-order valence-corrected chi connectivity index (χ4v) is 1.81. The highest BCUT2D eigenvalue weighted by atomic mass is 14.5. The van der Waals surface area contributed by atoms with Crippen molar-refractivity contribution in [3.8, 4) is 0 Å². The normalized spacial score (nSPS) is 14.4. The molecule has 0 aromatic carbocycles. The van der Waals surface area contributed by atoms with Crippen molar-refractivity contribution in [1.29, 1.82) is 0 Å². The van der Waals surface area contributed by atoms with Crippen molar-refractivity contribution in [2.75, 3.05) is 6.54 Å². The first-order chi connectivity index (χ1) is 6.74. The summed E-state index contributed by atoms with van der Waals surface area (Å²) < 4.78 is 0. The number of allylic oxidation sites excluding steroid dienone is 1. The highest BCUT2D eigenvalue weighted by Gasteiger charge is 2.05. The van der Waals surface area contributed by atoms with Crippen LogP contribution in [0.3, 0.4) is 0 Å². The van der Waals surface area contributed by atoms with Crippen LogP contribution in [-0.4, -0.2) is 6.54 Å². The summed E-state index contributed by atoms with van der Waals surface area (Å²) in [6.45, 7) is 7.59. The monoisotopic (exact) mass is 197 g/mol. The van der Waals surface area contributed by atoms with Crippen molar-refractivity contribution in [3.63, 3.8) is 0 Å². The van der Waals surface area contributed by atoms with Gasteiger partial charge in [-0.1, -0.05) is 51.2 Å². The fraction of sp³-hybridized carbons (Fsp3) is 0.846. The van der Waals surface area contributed by atoms with Crippen LogP contribution in [0.15, 0.2) is 11.6 Å². The maximum Gasteiger partial charge on any atom is -0.00425 e. The lowest BCUT2D eigenvalue weighted by Crippen LogP contribution is -2.01. The minimum absolute atomic E-state index is 0.781. The second-order valence-corrected chi connectivity index (χ2v) is 4.25. The second-order valence-electron chi connectivity index (χ2n) is 4.25. The highest BCUT2D eigenvalue weighted by molar-refractivity contribution is 4.99. The van der Waals surface area contributed by atoms with Crippen LogP contribution < -0.4 is 5.73 Å². The van der Waals surface area contributed by atoms with Gasteiger partial charge in [-0.15, -0.1) is 0 Å². The Morgan fingerprint density at radius 1 is 1.36 bits per heavy atom. The van der Waals surface area contributed by atoms with Crippen molar-refractivity contribution >= 4 is 0 Å². The molecule has 0 aliphatic heterocycles. The molecule has 0 aromatic heterocycles. The molecule has 1 heteroatoms. The van der Waals surface area contributed by atoms with Gasteiger partial charge < -0.3 is 5.73 Å². The summed E-state index contributed by atoms with van der Waals surface area (Å²) in [5.41, 5.74) is 7.00. The van der Waals surface area contributed by atoms with Crippen molar-refractivity contribution in [3.05, 3.63) is 11.6 Å². The van der Waals surface area contributed by atoms with Gasteiger partial charge in [0, 0.05) is 0 Å². The molecule has 0 spiro atoms.